The van der Waals surface area contributed by atoms with Crippen LogP contribution in [0.25, 0.3) is 5.76 Å². The minimum Gasteiger partial charge on any atom is -0.507 e. The van der Waals surface area contributed by atoms with E-state index in [2.05, 4.69) is 0 Å². The van der Waals surface area contributed by atoms with E-state index in [0.29, 0.717) is 54.7 Å². The Bertz CT molecular complexity index is 1080. The molecule has 0 saturated carbocycles. The van der Waals surface area contributed by atoms with E-state index in [-0.39, 0.29) is 11.3 Å². The molecule has 4 rings (SSSR count). The molecule has 8 nitrogen and oxygen atoms in total. The van der Waals surface area contributed by atoms with Crippen molar-refractivity contribution in [3.63, 3.8) is 0 Å². The number of carbonyl (C=O) groups is 2. The van der Waals surface area contributed by atoms with Gasteiger partial charge in [-0.05, 0) is 38.4 Å². The average Bonchev–Trinajstić information content (AvgIpc) is 3.06. The van der Waals surface area contributed by atoms with Crippen LogP contribution in [0, 0.1) is 0 Å². The molecule has 1 N–H and O–H groups in total. The molecule has 2 heterocycles. The van der Waals surface area contributed by atoms with Crippen molar-refractivity contribution in [1.29, 1.82) is 0 Å². The summed E-state index contributed by atoms with van der Waals surface area (Å²) in [5.41, 5.74) is 1.03. The van der Waals surface area contributed by atoms with E-state index in [9.17, 15) is 14.7 Å². The summed E-state index contributed by atoms with van der Waals surface area (Å²) < 4.78 is 16.7. The number of aliphatic hydroxyl groups is 1. The number of hydrogen-bond acceptors (Lipinski definition) is 7. The number of nitrogens with zero attached hydrogens (tertiary/aromatic N) is 2. The zero-order chi connectivity index (χ0) is 22.8. The smallest absolute Gasteiger partial charge is 0.295 e. The molecule has 0 spiro atoms. The van der Waals surface area contributed by atoms with Gasteiger partial charge in [0.25, 0.3) is 11.7 Å². The highest BCUT2D eigenvalue weighted by Crippen LogP contribution is 2.43. The number of benzene rings is 2. The van der Waals surface area contributed by atoms with E-state index < -0.39 is 17.7 Å². The van der Waals surface area contributed by atoms with Crippen LogP contribution in [-0.4, -0.2) is 74.1 Å². The molecule has 0 bridgehead atoms. The van der Waals surface area contributed by atoms with Gasteiger partial charge in [-0.15, -0.1) is 0 Å². The van der Waals surface area contributed by atoms with Crippen molar-refractivity contribution in [2.45, 2.75) is 6.04 Å². The van der Waals surface area contributed by atoms with Crippen LogP contribution in [-0.2, 0) is 9.59 Å². The number of rotatable bonds is 6. The van der Waals surface area contributed by atoms with Crippen molar-refractivity contribution in [2.24, 2.45) is 0 Å². The minimum atomic E-state index is -0.778. The number of carbonyl (C=O) groups excluding carboxylic acids is 2. The number of ketones is 1. The van der Waals surface area contributed by atoms with Crippen LogP contribution in [0.4, 0.5) is 0 Å². The van der Waals surface area contributed by atoms with E-state index in [0.717, 1.165) is 0 Å². The summed E-state index contributed by atoms with van der Waals surface area (Å²) in [4.78, 5) is 29.6. The van der Waals surface area contributed by atoms with Gasteiger partial charge in [0.1, 0.15) is 24.7 Å². The Morgan fingerprint density at radius 1 is 1.12 bits per heavy atom. The number of Topliss-reactive ketones (excluding diaryl/α,β-unsaturated/α-hetero) is 1. The van der Waals surface area contributed by atoms with E-state index in [1.54, 1.807) is 30.3 Å². The second kappa shape index (κ2) is 8.92. The van der Waals surface area contributed by atoms with Crippen molar-refractivity contribution >= 4 is 17.4 Å². The zero-order valence-electron chi connectivity index (χ0n) is 18.3. The Kier molecular flexibility index (Phi) is 6.05. The van der Waals surface area contributed by atoms with Crippen LogP contribution >= 0.6 is 0 Å². The molecular weight excluding hydrogens is 412 g/mol. The normalized spacial score (nSPS) is 19.5. The van der Waals surface area contributed by atoms with Crippen molar-refractivity contribution in [2.75, 3.05) is 47.5 Å². The molecular formula is C24H26N2O6. The van der Waals surface area contributed by atoms with Gasteiger partial charge in [0, 0.05) is 24.2 Å². The lowest BCUT2D eigenvalue weighted by atomic mass is 9.94. The maximum atomic E-state index is 13.1. The predicted molar refractivity (Wildman–Crippen MR) is 118 cm³/mol. The molecule has 2 aromatic rings. The first-order valence-electron chi connectivity index (χ1n) is 10.4. The maximum absolute atomic E-state index is 13.1. The number of likely N-dealkylation sites (tertiary alicyclic amines) is 1. The highest BCUT2D eigenvalue weighted by Gasteiger charge is 2.46. The molecule has 0 unspecified atom stereocenters. The van der Waals surface area contributed by atoms with Gasteiger partial charge < -0.3 is 29.1 Å². The van der Waals surface area contributed by atoms with Crippen molar-refractivity contribution < 1.29 is 28.9 Å². The van der Waals surface area contributed by atoms with Gasteiger partial charge in [-0.2, -0.15) is 0 Å². The average molecular weight is 438 g/mol. The summed E-state index contributed by atoms with van der Waals surface area (Å²) in [6, 6.07) is 11.4. The maximum Gasteiger partial charge on any atom is 0.295 e. The van der Waals surface area contributed by atoms with E-state index in [1.807, 2.05) is 31.1 Å². The summed E-state index contributed by atoms with van der Waals surface area (Å²) >= 11 is 0. The number of amides is 1. The van der Waals surface area contributed by atoms with Crippen LogP contribution in [0.1, 0.15) is 17.2 Å². The third-order valence-corrected chi connectivity index (χ3v) is 5.58. The molecule has 168 valence electrons. The SMILES string of the molecule is COc1ccccc1[C@H]1C(=C(O)c2ccc3c(c2)OCCO3)C(=O)C(=O)N1CCN(C)C. The van der Waals surface area contributed by atoms with Gasteiger partial charge in [-0.3, -0.25) is 9.59 Å². The number of para-hydroxylation sites is 1. The highest BCUT2D eigenvalue weighted by atomic mass is 16.6. The van der Waals surface area contributed by atoms with Crippen LogP contribution in [0.5, 0.6) is 17.2 Å². The van der Waals surface area contributed by atoms with E-state index in [1.165, 1.54) is 12.0 Å². The minimum absolute atomic E-state index is 0.0231. The Morgan fingerprint density at radius 3 is 2.56 bits per heavy atom. The van der Waals surface area contributed by atoms with Crippen LogP contribution in [0.3, 0.4) is 0 Å². The lowest BCUT2D eigenvalue weighted by molar-refractivity contribution is -0.140. The van der Waals surface area contributed by atoms with E-state index in [4.69, 9.17) is 14.2 Å². The number of aliphatic hydroxyl groups excluding tert-OH is 1. The molecule has 1 fully saturated rings. The number of hydrogen-bond donors (Lipinski definition) is 1. The van der Waals surface area contributed by atoms with Gasteiger partial charge >= 0.3 is 0 Å². The number of fused-ring (bicyclic) bond motifs is 1. The fraction of sp³-hybridized carbons (Fsp3) is 0.333. The second-order valence-corrected chi connectivity index (χ2v) is 7.90. The molecule has 2 aliphatic rings. The fourth-order valence-corrected chi connectivity index (χ4v) is 3.98. The Hall–Kier alpha value is -3.52. The van der Waals surface area contributed by atoms with Gasteiger partial charge in [-0.25, -0.2) is 0 Å². The molecule has 2 aliphatic heterocycles. The molecule has 32 heavy (non-hydrogen) atoms. The van der Waals surface area contributed by atoms with E-state index >= 15 is 0 Å². The van der Waals surface area contributed by atoms with Gasteiger partial charge in [0.05, 0.1) is 18.7 Å². The largest absolute Gasteiger partial charge is 0.507 e. The number of ether oxygens (including phenoxy) is 3. The first-order valence-corrected chi connectivity index (χ1v) is 10.4. The lowest BCUT2D eigenvalue weighted by Gasteiger charge is -2.27. The van der Waals surface area contributed by atoms with Crippen LogP contribution < -0.4 is 14.2 Å². The Balaban J connectivity index is 1.85. The Labute approximate surface area is 186 Å². The number of methoxy groups -OCH3 is 1. The van der Waals surface area contributed by atoms with Gasteiger partial charge in [0.15, 0.2) is 11.5 Å². The first-order chi connectivity index (χ1) is 15.4. The monoisotopic (exact) mass is 438 g/mol. The van der Waals surface area contributed by atoms with Crippen molar-refractivity contribution in [3.8, 4) is 17.2 Å². The molecule has 0 radical (unpaired) electrons. The lowest BCUT2D eigenvalue weighted by Crippen LogP contribution is -2.35. The molecule has 2 aromatic carbocycles. The summed E-state index contributed by atoms with van der Waals surface area (Å²) in [5.74, 6) is -0.0590. The summed E-state index contributed by atoms with van der Waals surface area (Å²) in [7, 11) is 5.32. The third kappa shape index (κ3) is 3.89. The quantitative estimate of drug-likeness (QED) is 0.421. The third-order valence-electron chi connectivity index (χ3n) is 5.58. The topological polar surface area (TPSA) is 88.5 Å². The standard InChI is InChI=1S/C24H26N2O6/c1-25(2)10-11-26-21(16-6-4-5-7-17(16)30-3)20(23(28)24(26)29)22(27)15-8-9-18-19(14-15)32-13-12-31-18/h4-9,14,21,27H,10-13H2,1-3H3/t21-/m0/s1. The summed E-state index contributed by atoms with van der Waals surface area (Å²) in [6.07, 6.45) is 0. The molecule has 0 aromatic heterocycles. The fourth-order valence-electron chi connectivity index (χ4n) is 3.98. The Morgan fingerprint density at radius 2 is 1.84 bits per heavy atom. The molecule has 1 saturated heterocycles. The van der Waals surface area contributed by atoms with Gasteiger partial charge in [-0.1, -0.05) is 18.2 Å². The second-order valence-electron chi connectivity index (χ2n) is 7.90. The van der Waals surface area contributed by atoms with Crippen LogP contribution in [0.15, 0.2) is 48.0 Å². The van der Waals surface area contributed by atoms with Gasteiger partial charge in [0.2, 0.25) is 0 Å². The van der Waals surface area contributed by atoms with Crippen molar-refractivity contribution in [3.05, 3.63) is 59.2 Å². The molecule has 1 atom stereocenters. The molecule has 1 amide bonds. The van der Waals surface area contributed by atoms with Crippen LogP contribution in [0.2, 0.25) is 0 Å². The molecule has 8 heteroatoms. The zero-order valence-corrected chi connectivity index (χ0v) is 18.3. The summed E-state index contributed by atoms with van der Waals surface area (Å²) in [6.45, 7) is 1.72. The number of likely N-dealkylation sites (N-methyl/N-ethyl adjacent to an activating group) is 1. The predicted octanol–water partition coefficient (Wildman–Crippen LogP) is 2.45. The first kappa shape index (κ1) is 21.7. The highest BCUT2D eigenvalue weighted by molar-refractivity contribution is 6.46. The van der Waals surface area contributed by atoms with Crippen molar-refractivity contribution in [1.82, 2.24) is 9.80 Å². The summed E-state index contributed by atoms with van der Waals surface area (Å²) in [5, 5.41) is 11.2. The molecule has 0 aliphatic carbocycles.